The lowest BCUT2D eigenvalue weighted by Gasteiger charge is -2.06. The fourth-order valence-electron chi connectivity index (χ4n) is 2.38. The molecule has 1 amide bonds. The SMILES string of the molecule is C/C(=N\OC(=O)NS(=O)(=O)c1ccc(C)cc1)c1cc2ccccc2oc1=O. The lowest BCUT2D eigenvalue weighted by molar-refractivity contribution is 0.157. The van der Waals surface area contributed by atoms with E-state index in [2.05, 4.69) is 9.99 Å². The van der Waals surface area contributed by atoms with Gasteiger partial charge in [0, 0.05) is 5.39 Å². The van der Waals surface area contributed by atoms with Crippen LogP contribution < -0.4 is 10.3 Å². The molecule has 0 bridgehead atoms. The summed E-state index contributed by atoms with van der Waals surface area (Å²) in [5.41, 5.74) is 0.773. The normalized spacial score (nSPS) is 12.0. The first-order chi connectivity index (χ1) is 13.3. The van der Waals surface area contributed by atoms with Gasteiger partial charge in [0.05, 0.1) is 16.2 Å². The number of nitrogens with zero attached hydrogens (tertiary/aromatic N) is 1. The van der Waals surface area contributed by atoms with E-state index in [0.29, 0.717) is 11.0 Å². The Bertz CT molecular complexity index is 1230. The van der Waals surface area contributed by atoms with Gasteiger partial charge in [-0.15, -0.1) is 0 Å². The lowest BCUT2D eigenvalue weighted by atomic mass is 10.1. The summed E-state index contributed by atoms with van der Waals surface area (Å²) in [6, 6.07) is 14.4. The van der Waals surface area contributed by atoms with E-state index in [0.717, 1.165) is 5.56 Å². The quantitative estimate of drug-likeness (QED) is 0.312. The number of para-hydroxylation sites is 1. The van der Waals surface area contributed by atoms with Gasteiger partial charge in [-0.05, 0) is 38.1 Å². The van der Waals surface area contributed by atoms with Crippen LogP contribution in [0.4, 0.5) is 4.79 Å². The zero-order valence-corrected chi connectivity index (χ0v) is 15.8. The summed E-state index contributed by atoms with van der Waals surface area (Å²) in [4.78, 5) is 28.4. The van der Waals surface area contributed by atoms with E-state index in [4.69, 9.17) is 4.42 Å². The van der Waals surface area contributed by atoms with E-state index in [1.54, 1.807) is 54.1 Å². The van der Waals surface area contributed by atoms with Gasteiger partial charge in [0.15, 0.2) is 0 Å². The molecule has 0 aliphatic heterocycles. The van der Waals surface area contributed by atoms with Gasteiger partial charge in [0.25, 0.3) is 10.0 Å². The molecule has 144 valence electrons. The van der Waals surface area contributed by atoms with Gasteiger partial charge in [0.1, 0.15) is 5.58 Å². The second-order valence-electron chi connectivity index (χ2n) is 5.96. The molecule has 28 heavy (non-hydrogen) atoms. The van der Waals surface area contributed by atoms with Gasteiger partial charge < -0.3 is 4.42 Å². The predicted octanol–water partition coefficient (Wildman–Crippen LogP) is 2.94. The summed E-state index contributed by atoms with van der Waals surface area (Å²) in [5, 5.41) is 4.20. The number of oxime groups is 1. The first-order valence-corrected chi connectivity index (χ1v) is 9.63. The summed E-state index contributed by atoms with van der Waals surface area (Å²) < 4.78 is 31.2. The number of rotatable bonds is 4. The highest BCUT2D eigenvalue weighted by atomic mass is 32.2. The molecule has 0 radical (unpaired) electrons. The smallest absolute Gasteiger partial charge is 0.422 e. The number of nitrogens with one attached hydrogen (secondary N) is 1. The summed E-state index contributed by atoms with van der Waals surface area (Å²) in [6.45, 7) is 3.24. The number of aryl methyl sites for hydroxylation is 1. The highest BCUT2D eigenvalue weighted by Gasteiger charge is 2.19. The molecular formula is C19H16N2O6S. The first-order valence-electron chi connectivity index (χ1n) is 8.14. The van der Waals surface area contributed by atoms with Gasteiger partial charge in [-0.2, -0.15) is 0 Å². The highest BCUT2D eigenvalue weighted by molar-refractivity contribution is 7.90. The minimum absolute atomic E-state index is 0.0578. The van der Waals surface area contributed by atoms with Crippen LogP contribution in [-0.2, 0) is 14.9 Å². The Morgan fingerprint density at radius 3 is 2.50 bits per heavy atom. The molecule has 0 unspecified atom stereocenters. The fourth-order valence-corrected chi connectivity index (χ4v) is 3.25. The molecule has 0 atom stereocenters. The average molecular weight is 400 g/mol. The standard InChI is InChI=1S/C19H16N2O6S/c1-12-7-9-15(10-8-12)28(24,25)21-19(23)27-20-13(2)16-11-14-5-3-4-6-17(14)26-18(16)22/h3-11H,1-2H3,(H,21,23)/b20-13+. The van der Waals surface area contributed by atoms with Crippen molar-refractivity contribution in [3.05, 3.63) is 76.1 Å². The molecule has 3 rings (SSSR count). The van der Waals surface area contributed by atoms with Gasteiger partial charge in [-0.25, -0.2) is 22.7 Å². The molecular weight excluding hydrogens is 384 g/mol. The van der Waals surface area contributed by atoms with Crippen LogP contribution in [0.5, 0.6) is 0 Å². The zero-order chi connectivity index (χ0) is 20.3. The van der Waals surface area contributed by atoms with Crippen molar-refractivity contribution in [1.29, 1.82) is 0 Å². The largest absolute Gasteiger partial charge is 0.447 e. The molecule has 1 aromatic heterocycles. The number of sulfonamides is 1. The average Bonchev–Trinajstić information content (AvgIpc) is 2.65. The van der Waals surface area contributed by atoms with Crippen LogP contribution in [0.25, 0.3) is 11.0 Å². The van der Waals surface area contributed by atoms with Gasteiger partial charge >= 0.3 is 11.7 Å². The van der Waals surface area contributed by atoms with Gasteiger partial charge in [0.2, 0.25) is 0 Å². The maximum absolute atomic E-state index is 12.1. The van der Waals surface area contributed by atoms with Crippen LogP contribution in [-0.4, -0.2) is 20.2 Å². The van der Waals surface area contributed by atoms with Gasteiger partial charge in [-0.1, -0.05) is 41.1 Å². The van der Waals surface area contributed by atoms with Crippen LogP contribution in [0.1, 0.15) is 18.1 Å². The second-order valence-corrected chi connectivity index (χ2v) is 7.64. The van der Waals surface area contributed by atoms with Crippen LogP contribution in [0, 0.1) is 6.92 Å². The van der Waals surface area contributed by atoms with E-state index in [9.17, 15) is 18.0 Å². The number of carbonyl (C=O) groups is 1. The number of hydrogen-bond acceptors (Lipinski definition) is 7. The van der Waals surface area contributed by atoms with Crippen LogP contribution >= 0.6 is 0 Å². The Labute approximate surface area is 160 Å². The molecule has 0 aliphatic rings. The van der Waals surface area contributed by atoms with E-state index in [1.165, 1.54) is 19.1 Å². The number of fused-ring (bicyclic) bond motifs is 1. The van der Waals surface area contributed by atoms with E-state index >= 15 is 0 Å². The first kappa shape index (κ1) is 19.3. The summed E-state index contributed by atoms with van der Waals surface area (Å²) in [5.74, 6) is 0. The summed E-state index contributed by atoms with van der Waals surface area (Å²) in [6.07, 6.45) is -1.30. The maximum atomic E-state index is 12.1. The number of carbonyl (C=O) groups excluding carboxylic acids is 1. The maximum Gasteiger partial charge on any atom is 0.447 e. The van der Waals surface area contributed by atoms with Crippen molar-refractivity contribution in [2.24, 2.45) is 5.16 Å². The second kappa shape index (κ2) is 7.65. The van der Waals surface area contributed by atoms with Crippen LogP contribution in [0.2, 0.25) is 0 Å². The Kier molecular flexibility index (Phi) is 5.27. The van der Waals surface area contributed by atoms with Crippen molar-refractivity contribution in [3.63, 3.8) is 0 Å². The molecule has 0 aliphatic carbocycles. The van der Waals surface area contributed by atoms with Crippen molar-refractivity contribution in [3.8, 4) is 0 Å². The van der Waals surface area contributed by atoms with Crippen molar-refractivity contribution in [2.45, 2.75) is 18.7 Å². The molecule has 0 saturated heterocycles. The minimum atomic E-state index is -4.10. The molecule has 1 N–H and O–H groups in total. The minimum Gasteiger partial charge on any atom is -0.422 e. The molecule has 1 heterocycles. The van der Waals surface area contributed by atoms with Crippen LogP contribution in [0.3, 0.4) is 0 Å². The Morgan fingerprint density at radius 2 is 1.79 bits per heavy atom. The molecule has 8 nitrogen and oxygen atoms in total. The van der Waals surface area contributed by atoms with Gasteiger partial charge in [-0.3, -0.25) is 4.84 Å². The molecule has 2 aromatic carbocycles. The lowest BCUT2D eigenvalue weighted by Crippen LogP contribution is -2.30. The van der Waals surface area contributed by atoms with Crippen LogP contribution in [0.15, 0.2) is 73.9 Å². The number of benzene rings is 2. The Hall–Kier alpha value is -3.46. The summed E-state index contributed by atoms with van der Waals surface area (Å²) in [7, 11) is -4.10. The monoisotopic (exact) mass is 400 g/mol. The fraction of sp³-hybridized carbons (Fsp3) is 0.105. The van der Waals surface area contributed by atoms with E-state index in [-0.39, 0.29) is 16.2 Å². The predicted molar refractivity (Wildman–Crippen MR) is 103 cm³/mol. The molecule has 3 aromatic rings. The third-order valence-corrected chi connectivity index (χ3v) is 5.17. The number of amides is 1. The van der Waals surface area contributed by atoms with Crippen molar-refractivity contribution >= 4 is 32.8 Å². The zero-order valence-electron chi connectivity index (χ0n) is 15.0. The van der Waals surface area contributed by atoms with E-state index < -0.39 is 21.7 Å². The Balaban J connectivity index is 1.76. The van der Waals surface area contributed by atoms with Crippen molar-refractivity contribution in [2.75, 3.05) is 0 Å². The molecule has 0 saturated carbocycles. The summed E-state index contributed by atoms with van der Waals surface area (Å²) >= 11 is 0. The molecule has 0 spiro atoms. The molecule has 9 heteroatoms. The van der Waals surface area contributed by atoms with Crippen molar-refractivity contribution in [1.82, 2.24) is 4.72 Å². The Morgan fingerprint density at radius 1 is 1.11 bits per heavy atom. The third-order valence-electron chi connectivity index (χ3n) is 3.85. The number of hydrogen-bond donors (Lipinski definition) is 1. The van der Waals surface area contributed by atoms with Crippen molar-refractivity contribution < 1.29 is 22.5 Å². The highest BCUT2D eigenvalue weighted by Crippen LogP contribution is 2.13. The van der Waals surface area contributed by atoms with E-state index in [1.807, 2.05) is 0 Å². The topological polar surface area (TPSA) is 115 Å². The molecule has 0 fully saturated rings. The third kappa shape index (κ3) is 4.26.